The lowest BCUT2D eigenvalue weighted by Gasteiger charge is -2.06. The third-order valence-corrected chi connectivity index (χ3v) is 4.36. The minimum atomic E-state index is -1.03. The van der Waals surface area contributed by atoms with E-state index in [1.165, 1.54) is 6.07 Å². The maximum atomic E-state index is 14.5. The van der Waals surface area contributed by atoms with Crippen LogP contribution in [-0.4, -0.2) is 21.2 Å². The number of aromatic carboxylic acids is 1. The van der Waals surface area contributed by atoms with Crippen molar-refractivity contribution >= 4 is 5.97 Å². The molecule has 3 rings (SSSR count). The molecule has 0 spiro atoms. The molecule has 1 aromatic heterocycles. The molecule has 128 valence electrons. The Morgan fingerprint density at radius 2 is 1.76 bits per heavy atom. The Morgan fingerprint density at radius 1 is 1.04 bits per heavy atom. The summed E-state index contributed by atoms with van der Waals surface area (Å²) in [5.41, 5.74) is 3.77. The van der Waals surface area contributed by atoms with Gasteiger partial charge in [-0.2, -0.15) is 4.98 Å². The first-order valence-electron chi connectivity index (χ1n) is 7.74. The molecule has 0 aliphatic rings. The third kappa shape index (κ3) is 2.91. The lowest BCUT2D eigenvalue weighted by molar-refractivity contribution is 0.0696. The zero-order valence-electron chi connectivity index (χ0n) is 14.3. The largest absolute Gasteiger partial charge is 0.478 e. The number of carboxylic acid groups (broad SMARTS) is 1. The lowest BCUT2D eigenvalue weighted by atomic mass is 9.99. The van der Waals surface area contributed by atoms with Crippen LogP contribution in [0.2, 0.25) is 0 Å². The Labute approximate surface area is 144 Å². The van der Waals surface area contributed by atoms with Gasteiger partial charge in [0.05, 0.1) is 11.1 Å². The molecular formula is C19H17FN2O3. The summed E-state index contributed by atoms with van der Waals surface area (Å²) in [6.07, 6.45) is 0. The highest BCUT2D eigenvalue weighted by Crippen LogP contribution is 2.29. The standard InChI is InChI=1S/C19H17FN2O3/c1-9-5-6-13(16(20)12(9)4)18-21-17(22-25-18)14-8-15(19(23)24)11(3)7-10(14)2/h5-8H,1-4H3,(H,23,24). The highest BCUT2D eigenvalue weighted by atomic mass is 19.1. The number of halogens is 1. The Balaban J connectivity index is 2.10. The molecule has 0 aliphatic carbocycles. The van der Waals surface area contributed by atoms with Gasteiger partial charge in [-0.15, -0.1) is 0 Å². The molecule has 1 heterocycles. The second kappa shape index (κ2) is 6.12. The van der Waals surface area contributed by atoms with E-state index in [1.807, 2.05) is 13.8 Å². The van der Waals surface area contributed by atoms with Crippen LogP contribution in [0.15, 0.2) is 28.8 Å². The van der Waals surface area contributed by atoms with E-state index in [0.717, 1.165) is 11.1 Å². The summed E-state index contributed by atoms with van der Waals surface area (Å²) in [6.45, 7) is 7.08. The number of hydrogen-bond donors (Lipinski definition) is 1. The van der Waals surface area contributed by atoms with Gasteiger partial charge in [0.25, 0.3) is 5.89 Å². The zero-order valence-corrected chi connectivity index (χ0v) is 14.3. The summed E-state index contributed by atoms with van der Waals surface area (Å²) < 4.78 is 19.7. The molecule has 0 atom stereocenters. The summed E-state index contributed by atoms with van der Waals surface area (Å²) in [5.74, 6) is -1.13. The first-order chi connectivity index (χ1) is 11.8. The van der Waals surface area contributed by atoms with Crippen LogP contribution in [0, 0.1) is 33.5 Å². The van der Waals surface area contributed by atoms with Crippen molar-refractivity contribution in [1.82, 2.24) is 10.1 Å². The van der Waals surface area contributed by atoms with E-state index in [1.54, 1.807) is 32.0 Å². The normalized spacial score (nSPS) is 10.9. The highest BCUT2D eigenvalue weighted by Gasteiger charge is 2.19. The molecule has 0 aliphatic heterocycles. The third-order valence-electron chi connectivity index (χ3n) is 4.36. The van der Waals surface area contributed by atoms with Gasteiger partial charge >= 0.3 is 5.97 Å². The van der Waals surface area contributed by atoms with Crippen LogP contribution in [-0.2, 0) is 0 Å². The molecule has 0 bridgehead atoms. The van der Waals surface area contributed by atoms with Crippen LogP contribution in [0.3, 0.4) is 0 Å². The predicted molar refractivity (Wildman–Crippen MR) is 91.0 cm³/mol. The van der Waals surface area contributed by atoms with Crippen LogP contribution in [0.5, 0.6) is 0 Å². The van der Waals surface area contributed by atoms with Crippen molar-refractivity contribution < 1.29 is 18.8 Å². The summed E-state index contributed by atoms with van der Waals surface area (Å²) in [6, 6.07) is 6.65. The van der Waals surface area contributed by atoms with Gasteiger partial charge in [-0.1, -0.05) is 17.3 Å². The Morgan fingerprint density at radius 3 is 2.44 bits per heavy atom. The van der Waals surface area contributed by atoms with Crippen molar-refractivity contribution in [3.8, 4) is 22.8 Å². The molecule has 25 heavy (non-hydrogen) atoms. The molecule has 1 N–H and O–H groups in total. The number of carboxylic acids is 1. The highest BCUT2D eigenvalue weighted by molar-refractivity contribution is 5.91. The molecule has 3 aromatic rings. The maximum Gasteiger partial charge on any atom is 0.335 e. The number of benzene rings is 2. The number of carbonyl (C=O) groups is 1. The molecule has 2 aromatic carbocycles. The Hall–Kier alpha value is -3.02. The van der Waals surface area contributed by atoms with Gasteiger partial charge in [0.1, 0.15) is 5.82 Å². The lowest BCUT2D eigenvalue weighted by Crippen LogP contribution is -2.01. The number of aryl methyl sites for hydroxylation is 3. The Kier molecular flexibility index (Phi) is 4.12. The number of aromatic nitrogens is 2. The van der Waals surface area contributed by atoms with Crippen LogP contribution in [0.1, 0.15) is 32.6 Å². The Bertz CT molecular complexity index is 993. The van der Waals surface area contributed by atoms with Gasteiger partial charge in [0.2, 0.25) is 5.82 Å². The van der Waals surface area contributed by atoms with Gasteiger partial charge in [-0.3, -0.25) is 0 Å². The summed E-state index contributed by atoms with van der Waals surface area (Å²) in [7, 11) is 0. The van der Waals surface area contributed by atoms with Crippen molar-refractivity contribution in [3.05, 3.63) is 57.9 Å². The van der Waals surface area contributed by atoms with E-state index < -0.39 is 11.8 Å². The first-order valence-corrected chi connectivity index (χ1v) is 7.74. The molecule has 0 amide bonds. The molecule has 0 fully saturated rings. The van der Waals surface area contributed by atoms with Crippen LogP contribution in [0.25, 0.3) is 22.8 Å². The molecule has 5 nitrogen and oxygen atoms in total. The monoisotopic (exact) mass is 340 g/mol. The van der Waals surface area contributed by atoms with E-state index in [4.69, 9.17) is 4.52 Å². The predicted octanol–water partition coefficient (Wildman–Crippen LogP) is 4.47. The van der Waals surface area contributed by atoms with Crippen LogP contribution in [0.4, 0.5) is 4.39 Å². The average molecular weight is 340 g/mol. The van der Waals surface area contributed by atoms with Crippen molar-refractivity contribution in [2.75, 3.05) is 0 Å². The van der Waals surface area contributed by atoms with E-state index in [0.29, 0.717) is 16.7 Å². The quantitative estimate of drug-likeness (QED) is 0.761. The smallest absolute Gasteiger partial charge is 0.335 e. The molecule has 0 unspecified atom stereocenters. The average Bonchev–Trinajstić information content (AvgIpc) is 3.02. The number of rotatable bonds is 3. The van der Waals surface area contributed by atoms with E-state index in [-0.39, 0.29) is 22.8 Å². The topological polar surface area (TPSA) is 76.2 Å². The molecule has 6 heteroatoms. The number of hydrogen-bond acceptors (Lipinski definition) is 4. The molecule has 0 saturated heterocycles. The van der Waals surface area contributed by atoms with Crippen LogP contribution >= 0.6 is 0 Å². The SMILES string of the molecule is Cc1cc(C)c(-c2noc(-c3ccc(C)c(C)c3F)n2)cc1C(=O)O. The zero-order chi connectivity index (χ0) is 18.3. The maximum absolute atomic E-state index is 14.5. The second-order valence-corrected chi connectivity index (χ2v) is 6.08. The fourth-order valence-electron chi connectivity index (χ4n) is 2.71. The minimum absolute atomic E-state index is 0.0625. The fraction of sp³-hybridized carbons (Fsp3) is 0.211. The van der Waals surface area contributed by atoms with Crippen molar-refractivity contribution in [2.45, 2.75) is 27.7 Å². The van der Waals surface area contributed by atoms with Gasteiger partial charge < -0.3 is 9.63 Å². The van der Waals surface area contributed by atoms with E-state index >= 15 is 0 Å². The second-order valence-electron chi connectivity index (χ2n) is 6.08. The molecular weight excluding hydrogens is 323 g/mol. The van der Waals surface area contributed by atoms with E-state index in [2.05, 4.69) is 10.1 Å². The van der Waals surface area contributed by atoms with Crippen molar-refractivity contribution in [2.24, 2.45) is 0 Å². The summed E-state index contributed by atoms with van der Waals surface area (Å²) in [4.78, 5) is 15.6. The van der Waals surface area contributed by atoms with Crippen molar-refractivity contribution in [1.29, 1.82) is 0 Å². The minimum Gasteiger partial charge on any atom is -0.478 e. The van der Waals surface area contributed by atoms with E-state index in [9.17, 15) is 14.3 Å². The van der Waals surface area contributed by atoms with Gasteiger partial charge in [0.15, 0.2) is 0 Å². The van der Waals surface area contributed by atoms with Crippen LogP contribution < -0.4 is 0 Å². The summed E-state index contributed by atoms with van der Waals surface area (Å²) >= 11 is 0. The number of nitrogens with zero attached hydrogens (tertiary/aromatic N) is 2. The first kappa shape index (κ1) is 16.8. The van der Waals surface area contributed by atoms with Gasteiger partial charge in [0, 0.05) is 5.56 Å². The molecule has 0 radical (unpaired) electrons. The van der Waals surface area contributed by atoms with Gasteiger partial charge in [-0.25, -0.2) is 9.18 Å². The summed E-state index contributed by atoms with van der Waals surface area (Å²) in [5, 5.41) is 13.2. The molecule has 0 saturated carbocycles. The van der Waals surface area contributed by atoms with Gasteiger partial charge in [-0.05, 0) is 62.1 Å². The fourth-order valence-corrected chi connectivity index (χ4v) is 2.71. The van der Waals surface area contributed by atoms with Crippen molar-refractivity contribution in [3.63, 3.8) is 0 Å².